The summed E-state index contributed by atoms with van der Waals surface area (Å²) < 4.78 is 21.3. The molecule has 1 heterocycles. The lowest BCUT2D eigenvalue weighted by Crippen LogP contribution is -2.54. The first-order valence-electron chi connectivity index (χ1n) is 7.12. The average Bonchev–Trinajstić information content (AvgIpc) is 2.44. The minimum Gasteiger partial charge on any atom is -0.463 e. The molecular formula is C14H21Cl2NO6. The normalized spacial score (nSPS) is 30.7. The summed E-state index contributed by atoms with van der Waals surface area (Å²) in [5, 5.41) is 7.61. The van der Waals surface area contributed by atoms with E-state index in [1.807, 2.05) is 13.8 Å². The summed E-state index contributed by atoms with van der Waals surface area (Å²) in [5.41, 5.74) is 0. The van der Waals surface area contributed by atoms with Crippen molar-refractivity contribution in [2.75, 3.05) is 6.61 Å². The van der Waals surface area contributed by atoms with Crippen LogP contribution < -0.4 is 0 Å². The molecule has 1 fully saturated rings. The van der Waals surface area contributed by atoms with E-state index in [9.17, 15) is 9.59 Å². The van der Waals surface area contributed by atoms with E-state index in [1.165, 1.54) is 13.8 Å². The summed E-state index contributed by atoms with van der Waals surface area (Å²) in [6.07, 6.45) is -2.26. The van der Waals surface area contributed by atoms with Crippen molar-refractivity contribution in [2.45, 2.75) is 51.0 Å². The zero-order valence-electron chi connectivity index (χ0n) is 13.4. The van der Waals surface area contributed by atoms with Gasteiger partial charge in [-0.05, 0) is 5.92 Å². The predicted molar refractivity (Wildman–Crippen MR) is 83.5 cm³/mol. The van der Waals surface area contributed by atoms with Gasteiger partial charge < -0.3 is 18.9 Å². The average molecular weight is 370 g/mol. The van der Waals surface area contributed by atoms with E-state index in [4.69, 9.17) is 47.6 Å². The van der Waals surface area contributed by atoms with Gasteiger partial charge in [0, 0.05) is 19.8 Å². The van der Waals surface area contributed by atoms with E-state index in [2.05, 4.69) is 0 Å². The van der Waals surface area contributed by atoms with Gasteiger partial charge in [0.05, 0.1) is 6.10 Å². The lowest BCUT2D eigenvalue weighted by molar-refractivity contribution is -0.257. The van der Waals surface area contributed by atoms with Crippen molar-refractivity contribution in [3.8, 4) is 0 Å². The predicted octanol–water partition coefficient (Wildman–Crippen LogP) is 2.28. The second-order valence-corrected chi connectivity index (χ2v) is 6.52. The fraction of sp³-hybridized carbons (Fsp3) is 0.786. The van der Waals surface area contributed by atoms with Crippen LogP contribution in [-0.4, -0.2) is 47.8 Å². The molecular weight excluding hydrogens is 349 g/mol. The molecule has 0 saturated carbocycles. The van der Waals surface area contributed by atoms with Crippen molar-refractivity contribution in [3.63, 3.8) is 0 Å². The maximum Gasteiger partial charge on any atom is 0.303 e. The van der Waals surface area contributed by atoms with Gasteiger partial charge in [0.2, 0.25) is 12.2 Å². The molecule has 0 aliphatic carbocycles. The SMILES string of the molecule is CC(=O)OCC1O[C@@H](OC(=N)C(Cl)Cl)C(OC(C)=O)[C@@H](C)[C@@H]1C. The highest BCUT2D eigenvalue weighted by Gasteiger charge is 2.45. The van der Waals surface area contributed by atoms with Gasteiger partial charge in [0.25, 0.3) is 0 Å². The van der Waals surface area contributed by atoms with Gasteiger partial charge in [0.1, 0.15) is 6.61 Å². The maximum absolute atomic E-state index is 11.3. The molecule has 0 radical (unpaired) electrons. The van der Waals surface area contributed by atoms with Gasteiger partial charge in [-0.25, -0.2) is 0 Å². The Kier molecular flexibility index (Phi) is 7.57. The number of hydrogen-bond donors (Lipinski definition) is 1. The van der Waals surface area contributed by atoms with Crippen LogP contribution in [0.25, 0.3) is 0 Å². The molecule has 5 atom stereocenters. The van der Waals surface area contributed by atoms with E-state index in [1.54, 1.807) is 0 Å². The zero-order valence-corrected chi connectivity index (χ0v) is 14.9. The molecule has 0 aromatic carbocycles. The largest absolute Gasteiger partial charge is 0.463 e. The first-order chi connectivity index (χ1) is 10.6. The monoisotopic (exact) mass is 369 g/mol. The molecule has 7 nitrogen and oxygen atoms in total. The van der Waals surface area contributed by atoms with Gasteiger partial charge in [-0.3, -0.25) is 15.0 Å². The molecule has 0 spiro atoms. The van der Waals surface area contributed by atoms with Crippen molar-refractivity contribution in [1.82, 2.24) is 0 Å². The van der Waals surface area contributed by atoms with Crippen LogP contribution in [0, 0.1) is 17.2 Å². The number of nitrogens with one attached hydrogen (secondary N) is 1. The quantitative estimate of drug-likeness (QED) is 0.345. The molecule has 2 unspecified atom stereocenters. The highest BCUT2D eigenvalue weighted by Crippen LogP contribution is 2.34. The van der Waals surface area contributed by atoms with Gasteiger partial charge in [-0.1, -0.05) is 37.0 Å². The summed E-state index contributed by atoms with van der Waals surface area (Å²) in [4.78, 5) is 21.1. The third kappa shape index (κ3) is 5.82. The standard InChI is InChI=1S/C14H21Cl2NO6/c1-6-7(2)11(21-9(4)19)14(23-13(17)12(15)16)22-10(6)5-20-8(3)18/h6-7,10-12,14,17H,5H2,1-4H3/t6-,7-,10?,11?,14-/m0/s1. The van der Waals surface area contributed by atoms with Crippen LogP contribution in [0.5, 0.6) is 0 Å². The Hall–Kier alpha value is -1.05. The number of carbonyl (C=O) groups excluding carboxylic acids is 2. The molecule has 1 N–H and O–H groups in total. The maximum atomic E-state index is 11.3. The number of halogens is 2. The molecule has 23 heavy (non-hydrogen) atoms. The minimum atomic E-state index is -1.17. The lowest BCUT2D eigenvalue weighted by atomic mass is 9.83. The van der Waals surface area contributed by atoms with Crippen LogP contribution >= 0.6 is 23.2 Å². The van der Waals surface area contributed by atoms with E-state index in [-0.39, 0.29) is 18.4 Å². The second kappa shape index (κ2) is 8.70. The molecule has 0 aromatic heterocycles. The van der Waals surface area contributed by atoms with Crippen LogP contribution in [0.15, 0.2) is 0 Å². The van der Waals surface area contributed by atoms with E-state index in [0.29, 0.717) is 0 Å². The third-order valence-electron chi connectivity index (χ3n) is 3.71. The molecule has 1 aliphatic rings. The molecule has 1 rings (SSSR count). The molecule has 132 valence electrons. The zero-order chi connectivity index (χ0) is 17.7. The Morgan fingerprint density at radius 3 is 2.22 bits per heavy atom. The van der Waals surface area contributed by atoms with Crippen LogP contribution in [0.1, 0.15) is 27.7 Å². The van der Waals surface area contributed by atoms with Crippen molar-refractivity contribution < 1.29 is 28.5 Å². The molecule has 9 heteroatoms. The van der Waals surface area contributed by atoms with Crippen LogP contribution in [0.2, 0.25) is 0 Å². The molecule has 0 aromatic rings. The Morgan fingerprint density at radius 1 is 1.13 bits per heavy atom. The van der Waals surface area contributed by atoms with E-state index < -0.39 is 41.2 Å². The number of ether oxygens (including phenoxy) is 4. The lowest BCUT2D eigenvalue weighted by Gasteiger charge is -2.43. The summed E-state index contributed by atoms with van der Waals surface area (Å²) in [6.45, 7) is 6.36. The molecule has 1 aliphatic heterocycles. The van der Waals surface area contributed by atoms with Crippen molar-refractivity contribution in [2.24, 2.45) is 11.8 Å². The summed E-state index contributed by atoms with van der Waals surface area (Å²) in [6, 6.07) is 0. The number of esters is 2. The highest BCUT2D eigenvalue weighted by molar-refractivity contribution is 6.53. The fourth-order valence-corrected chi connectivity index (χ4v) is 2.38. The Balaban J connectivity index is 2.90. The van der Waals surface area contributed by atoms with E-state index in [0.717, 1.165) is 0 Å². The fourth-order valence-electron chi connectivity index (χ4n) is 2.28. The van der Waals surface area contributed by atoms with E-state index >= 15 is 0 Å². The highest BCUT2D eigenvalue weighted by atomic mass is 35.5. The topological polar surface area (TPSA) is 94.9 Å². The Bertz CT molecular complexity index is 457. The Labute approximate surface area is 145 Å². The third-order valence-corrected chi connectivity index (χ3v) is 4.10. The summed E-state index contributed by atoms with van der Waals surface area (Å²) in [5.74, 6) is -1.57. The molecule has 0 amide bonds. The number of hydrogen-bond acceptors (Lipinski definition) is 7. The minimum absolute atomic E-state index is 0.0337. The summed E-state index contributed by atoms with van der Waals surface area (Å²) >= 11 is 11.2. The second-order valence-electron chi connectivity index (χ2n) is 5.42. The van der Waals surface area contributed by atoms with Crippen molar-refractivity contribution in [3.05, 3.63) is 0 Å². The van der Waals surface area contributed by atoms with Crippen LogP contribution in [-0.2, 0) is 28.5 Å². The number of carbonyl (C=O) groups is 2. The Morgan fingerprint density at radius 2 is 1.74 bits per heavy atom. The smallest absolute Gasteiger partial charge is 0.303 e. The number of rotatable bonds is 5. The summed E-state index contributed by atoms with van der Waals surface area (Å²) in [7, 11) is 0. The van der Waals surface area contributed by atoms with Gasteiger partial charge >= 0.3 is 11.9 Å². The van der Waals surface area contributed by atoms with Gasteiger partial charge in [-0.15, -0.1) is 0 Å². The molecule has 1 saturated heterocycles. The molecule has 0 bridgehead atoms. The van der Waals surface area contributed by atoms with Crippen molar-refractivity contribution >= 4 is 41.0 Å². The van der Waals surface area contributed by atoms with Crippen LogP contribution in [0.4, 0.5) is 0 Å². The van der Waals surface area contributed by atoms with Gasteiger partial charge in [-0.2, -0.15) is 0 Å². The van der Waals surface area contributed by atoms with Crippen molar-refractivity contribution in [1.29, 1.82) is 5.41 Å². The first kappa shape index (κ1) is 20.0. The number of alkyl halides is 2. The first-order valence-corrected chi connectivity index (χ1v) is 8.00. The van der Waals surface area contributed by atoms with Crippen LogP contribution in [0.3, 0.4) is 0 Å². The van der Waals surface area contributed by atoms with Gasteiger partial charge in [0.15, 0.2) is 10.9 Å².